The van der Waals surface area contributed by atoms with Gasteiger partial charge in [-0.05, 0) is 12.1 Å². The highest BCUT2D eigenvalue weighted by Gasteiger charge is 2.05. The van der Waals surface area contributed by atoms with Crippen LogP contribution in [0, 0.1) is 0 Å². The van der Waals surface area contributed by atoms with Crippen LogP contribution in [0.1, 0.15) is 5.56 Å². The molecule has 0 fully saturated rings. The molecule has 1 aromatic carbocycles. The van der Waals surface area contributed by atoms with E-state index in [0.717, 1.165) is 0 Å². The predicted molar refractivity (Wildman–Crippen MR) is 49.7 cm³/mol. The second-order valence-electron chi connectivity index (χ2n) is 2.52. The summed E-state index contributed by atoms with van der Waals surface area (Å²) in [6.45, 7) is -0.630. The number of hydrazone groups is 1. The molecule has 76 valence electrons. The minimum atomic E-state index is -2.49. The number of rotatable bonds is 4. The van der Waals surface area contributed by atoms with Gasteiger partial charge in [0.2, 0.25) is 0 Å². The van der Waals surface area contributed by atoms with E-state index in [1.165, 1.54) is 6.21 Å². The number of nitrogens with two attached hydrogens (primary N) is 1. The highest BCUT2D eigenvalue weighted by molar-refractivity contribution is 5.83. The average molecular weight is 200 g/mol. The van der Waals surface area contributed by atoms with Gasteiger partial charge in [0.15, 0.2) is 0 Å². The maximum Gasteiger partial charge on any atom is 0.272 e. The number of alkyl halides is 2. The third kappa shape index (κ3) is 3.01. The molecule has 0 bridgehead atoms. The first kappa shape index (κ1) is 10.4. The lowest BCUT2D eigenvalue weighted by atomic mass is 10.2. The van der Waals surface area contributed by atoms with Crippen molar-refractivity contribution < 1.29 is 13.5 Å². The largest absolute Gasteiger partial charge is 0.487 e. The van der Waals surface area contributed by atoms with Crippen molar-refractivity contribution in [2.45, 2.75) is 6.43 Å². The summed E-state index contributed by atoms with van der Waals surface area (Å²) in [5.41, 5.74) is 0.579. The maximum absolute atomic E-state index is 11.9. The van der Waals surface area contributed by atoms with Gasteiger partial charge in [-0.1, -0.05) is 12.1 Å². The lowest BCUT2D eigenvalue weighted by molar-refractivity contribution is 0.0818. The van der Waals surface area contributed by atoms with Crippen molar-refractivity contribution in [3.63, 3.8) is 0 Å². The first-order valence-corrected chi connectivity index (χ1v) is 3.97. The summed E-state index contributed by atoms with van der Waals surface area (Å²) in [6, 6.07) is 6.69. The van der Waals surface area contributed by atoms with Gasteiger partial charge in [-0.2, -0.15) is 5.10 Å². The Balaban J connectivity index is 2.74. The number of nitrogens with zero attached hydrogens (tertiary/aromatic N) is 1. The van der Waals surface area contributed by atoms with Crippen molar-refractivity contribution in [2.24, 2.45) is 10.9 Å². The fraction of sp³-hybridized carbons (Fsp3) is 0.222. The fourth-order valence-corrected chi connectivity index (χ4v) is 0.952. The molecule has 0 amide bonds. The van der Waals surface area contributed by atoms with Crippen LogP contribution in [0.3, 0.4) is 0 Å². The van der Waals surface area contributed by atoms with E-state index in [0.29, 0.717) is 11.3 Å². The van der Waals surface area contributed by atoms with Crippen molar-refractivity contribution in [3.8, 4) is 5.75 Å². The Morgan fingerprint density at radius 1 is 1.43 bits per heavy atom. The van der Waals surface area contributed by atoms with E-state index < -0.39 is 13.0 Å². The van der Waals surface area contributed by atoms with Crippen LogP contribution < -0.4 is 10.6 Å². The van der Waals surface area contributed by atoms with Crippen molar-refractivity contribution in [3.05, 3.63) is 29.8 Å². The fourth-order valence-electron chi connectivity index (χ4n) is 0.952. The summed E-state index contributed by atoms with van der Waals surface area (Å²) in [7, 11) is 0. The van der Waals surface area contributed by atoms with E-state index in [-0.39, 0.29) is 0 Å². The van der Waals surface area contributed by atoms with Crippen molar-refractivity contribution in [1.82, 2.24) is 0 Å². The highest BCUT2D eigenvalue weighted by Crippen LogP contribution is 2.16. The lowest BCUT2D eigenvalue weighted by Crippen LogP contribution is -2.08. The van der Waals surface area contributed by atoms with E-state index in [1.807, 2.05) is 0 Å². The Labute approximate surface area is 80.2 Å². The molecule has 0 saturated carbocycles. The van der Waals surface area contributed by atoms with Gasteiger partial charge in [0, 0.05) is 5.56 Å². The molecule has 0 atom stereocenters. The van der Waals surface area contributed by atoms with Crippen LogP contribution in [0.5, 0.6) is 5.75 Å². The van der Waals surface area contributed by atoms with Gasteiger partial charge in [-0.25, -0.2) is 8.78 Å². The van der Waals surface area contributed by atoms with Gasteiger partial charge < -0.3 is 10.6 Å². The number of benzene rings is 1. The van der Waals surface area contributed by atoms with Crippen LogP contribution in [0.2, 0.25) is 0 Å². The van der Waals surface area contributed by atoms with Crippen LogP contribution in [-0.2, 0) is 0 Å². The van der Waals surface area contributed by atoms with Gasteiger partial charge in [0.1, 0.15) is 12.4 Å². The van der Waals surface area contributed by atoms with Crippen molar-refractivity contribution >= 4 is 6.21 Å². The molecular weight excluding hydrogens is 190 g/mol. The Kier molecular flexibility index (Phi) is 3.84. The van der Waals surface area contributed by atoms with E-state index in [1.54, 1.807) is 24.3 Å². The molecule has 0 heterocycles. The zero-order valence-corrected chi connectivity index (χ0v) is 7.36. The van der Waals surface area contributed by atoms with E-state index >= 15 is 0 Å². The van der Waals surface area contributed by atoms with Crippen molar-refractivity contribution in [1.29, 1.82) is 0 Å². The molecule has 1 aromatic rings. The zero-order valence-electron chi connectivity index (χ0n) is 7.36. The molecule has 0 unspecified atom stereocenters. The smallest absolute Gasteiger partial charge is 0.272 e. The van der Waals surface area contributed by atoms with Crippen LogP contribution in [-0.4, -0.2) is 19.2 Å². The number of hydrogen-bond acceptors (Lipinski definition) is 3. The Morgan fingerprint density at radius 3 is 2.79 bits per heavy atom. The maximum atomic E-state index is 11.9. The summed E-state index contributed by atoms with van der Waals surface area (Å²) in [5, 5.41) is 3.30. The number of ether oxygens (including phenoxy) is 1. The monoisotopic (exact) mass is 200 g/mol. The molecule has 3 nitrogen and oxygen atoms in total. The Bertz CT molecular complexity index is 315. The summed E-state index contributed by atoms with van der Waals surface area (Å²) in [4.78, 5) is 0. The third-order valence-corrected chi connectivity index (χ3v) is 1.50. The lowest BCUT2D eigenvalue weighted by Gasteiger charge is -2.07. The Hall–Kier alpha value is -1.65. The van der Waals surface area contributed by atoms with E-state index in [9.17, 15) is 8.78 Å². The summed E-state index contributed by atoms with van der Waals surface area (Å²) in [5.74, 6) is 5.30. The molecule has 2 N–H and O–H groups in total. The second kappa shape index (κ2) is 5.16. The highest BCUT2D eigenvalue weighted by atomic mass is 19.3. The number of hydrogen-bond donors (Lipinski definition) is 1. The van der Waals surface area contributed by atoms with Gasteiger partial charge in [-0.15, -0.1) is 0 Å². The molecule has 14 heavy (non-hydrogen) atoms. The van der Waals surface area contributed by atoms with Gasteiger partial charge in [0.25, 0.3) is 6.43 Å². The molecule has 0 aliphatic carbocycles. The molecule has 0 aliphatic heterocycles. The molecule has 0 saturated heterocycles. The molecule has 5 heteroatoms. The van der Waals surface area contributed by atoms with Crippen molar-refractivity contribution in [2.75, 3.05) is 6.61 Å². The van der Waals surface area contributed by atoms with Gasteiger partial charge in [-0.3, -0.25) is 0 Å². The van der Waals surface area contributed by atoms with Gasteiger partial charge >= 0.3 is 0 Å². The van der Waals surface area contributed by atoms with E-state index in [2.05, 4.69) is 5.10 Å². The minimum absolute atomic E-state index is 0.349. The number of halogens is 2. The molecule has 0 aliphatic rings. The van der Waals surface area contributed by atoms with Crippen LogP contribution in [0.25, 0.3) is 0 Å². The van der Waals surface area contributed by atoms with E-state index in [4.69, 9.17) is 10.6 Å². The third-order valence-electron chi connectivity index (χ3n) is 1.50. The molecular formula is C9H10F2N2O. The quantitative estimate of drug-likeness (QED) is 0.456. The van der Waals surface area contributed by atoms with Crippen LogP contribution >= 0.6 is 0 Å². The normalized spacial score (nSPS) is 11.1. The van der Waals surface area contributed by atoms with Crippen LogP contribution in [0.15, 0.2) is 29.4 Å². The van der Waals surface area contributed by atoms with Crippen LogP contribution in [0.4, 0.5) is 8.78 Å². The zero-order chi connectivity index (χ0) is 10.4. The molecule has 0 spiro atoms. The standard InChI is InChI=1S/C9H10F2N2O/c10-9(11)6-14-8-4-2-1-3-7(8)5-13-12/h1-5,9H,6,12H2. The minimum Gasteiger partial charge on any atom is -0.487 e. The summed E-state index contributed by atoms with van der Waals surface area (Å²) < 4.78 is 28.6. The Morgan fingerprint density at radius 2 is 2.14 bits per heavy atom. The average Bonchev–Trinajstić information content (AvgIpc) is 2.17. The molecule has 0 radical (unpaired) electrons. The molecule has 0 aromatic heterocycles. The second-order valence-corrected chi connectivity index (χ2v) is 2.52. The summed E-state index contributed by atoms with van der Waals surface area (Å²) >= 11 is 0. The topological polar surface area (TPSA) is 47.6 Å². The number of para-hydroxylation sites is 1. The predicted octanol–water partition coefficient (Wildman–Crippen LogP) is 1.62. The summed E-state index contributed by atoms with van der Waals surface area (Å²) in [6.07, 6.45) is -1.14. The molecule has 1 rings (SSSR count). The first-order valence-electron chi connectivity index (χ1n) is 3.97. The SMILES string of the molecule is NN=Cc1ccccc1OCC(F)F. The van der Waals surface area contributed by atoms with Gasteiger partial charge in [0.05, 0.1) is 6.21 Å². The first-order chi connectivity index (χ1) is 6.74.